The van der Waals surface area contributed by atoms with Crippen molar-refractivity contribution in [2.75, 3.05) is 19.6 Å². The monoisotopic (exact) mass is 682 g/mol. The maximum Gasteiger partial charge on any atom is 0.223 e. The Hall–Kier alpha value is -5.73. The van der Waals surface area contributed by atoms with Crippen molar-refractivity contribution in [3.8, 4) is 34.5 Å². The molecule has 0 saturated heterocycles. The molecule has 0 radical (unpaired) electrons. The van der Waals surface area contributed by atoms with Gasteiger partial charge in [-0.2, -0.15) is 0 Å². The number of nitrogens with one attached hydrogen (secondary N) is 3. The molecule has 264 valence electrons. The van der Waals surface area contributed by atoms with Gasteiger partial charge in [0.25, 0.3) is 0 Å². The fourth-order valence-electron chi connectivity index (χ4n) is 5.26. The molecule has 0 aliphatic heterocycles. The third-order valence-corrected chi connectivity index (χ3v) is 8.24. The molecule has 9 N–H and O–H groups in total. The summed E-state index contributed by atoms with van der Waals surface area (Å²) in [7, 11) is 0. The first-order valence-corrected chi connectivity index (χ1v) is 15.8. The number of rotatable bonds is 19. The van der Waals surface area contributed by atoms with Crippen LogP contribution >= 0.6 is 0 Å². The largest absolute Gasteiger partial charge is 0.504 e. The van der Waals surface area contributed by atoms with E-state index in [4.69, 9.17) is 0 Å². The lowest BCUT2D eigenvalue weighted by atomic mass is 9.84. The van der Waals surface area contributed by atoms with E-state index in [1.807, 2.05) is 0 Å². The van der Waals surface area contributed by atoms with Crippen molar-refractivity contribution in [1.82, 2.24) is 16.0 Å². The van der Waals surface area contributed by atoms with E-state index in [-0.39, 0.29) is 105 Å². The molecule has 0 unspecified atom stereocenters. The highest BCUT2D eigenvalue weighted by Gasteiger charge is 2.43. The topological polar surface area (TPSA) is 252 Å². The number of para-hydroxylation sites is 2. The van der Waals surface area contributed by atoms with Crippen molar-refractivity contribution in [3.05, 3.63) is 81.4 Å². The van der Waals surface area contributed by atoms with Gasteiger partial charge in [-0.05, 0) is 60.2 Å². The van der Waals surface area contributed by atoms with Gasteiger partial charge >= 0.3 is 0 Å². The zero-order chi connectivity index (χ0) is 36.0. The van der Waals surface area contributed by atoms with Gasteiger partial charge in [-0.1, -0.05) is 30.3 Å². The van der Waals surface area contributed by atoms with E-state index in [1.54, 1.807) is 30.3 Å². The van der Waals surface area contributed by atoms with Gasteiger partial charge < -0.3 is 46.6 Å². The molecule has 3 aromatic carbocycles. The molecule has 15 nitrogen and oxygen atoms in total. The standard InChI is InChI=1S/C34H42N4O11/c39-25-8-7-22(21-28(25)42)12-18-35-29(43)9-15-34(38(48)49,16-10-30(44)36-19-13-23-3-1-5-26(40)32(23)46)17-11-31(45)37-20-14-24-4-2-6-27(41)33(24)47/h1-8,21,39-42,46-47H,9-20H2,(H,35,43)(H,36,44)(H,37,45). The van der Waals surface area contributed by atoms with Crippen LogP contribution in [0.5, 0.6) is 34.5 Å². The van der Waals surface area contributed by atoms with Gasteiger partial charge in [0.15, 0.2) is 34.5 Å². The molecule has 3 aromatic rings. The predicted molar refractivity (Wildman–Crippen MR) is 177 cm³/mol. The molecule has 0 aliphatic carbocycles. The van der Waals surface area contributed by atoms with Crippen LogP contribution in [0.15, 0.2) is 54.6 Å². The van der Waals surface area contributed by atoms with Crippen molar-refractivity contribution in [3.63, 3.8) is 0 Å². The van der Waals surface area contributed by atoms with Gasteiger partial charge in [-0.3, -0.25) is 24.5 Å². The zero-order valence-electron chi connectivity index (χ0n) is 26.9. The molecule has 0 bridgehead atoms. The Morgan fingerprint density at radius 1 is 0.592 bits per heavy atom. The summed E-state index contributed by atoms with van der Waals surface area (Å²) < 4.78 is 0. The lowest BCUT2D eigenvalue weighted by molar-refractivity contribution is -0.573. The number of hydrogen-bond acceptors (Lipinski definition) is 11. The van der Waals surface area contributed by atoms with Gasteiger partial charge in [0, 0.05) is 63.1 Å². The Morgan fingerprint density at radius 2 is 1.02 bits per heavy atom. The van der Waals surface area contributed by atoms with Crippen LogP contribution in [0.2, 0.25) is 0 Å². The number of nitrogens with zero attached hydrogens (tertiary/aromatic N) is 1. The summed E-state index contributed by atoms with van der Waals surface area (Å²) in [6.45, 7) is 0.322. The minimum Gasteiger partial charge on any atom is -0.504 e. The van der Waals surface area contributed by atoms with Gasteiger partial charge in [-0.15, -0.1) is 0 Å². The summed E-state index contributed by atoms with van der Waals surface area (Å²) in [5.41, 5.74) is -0.357. The van der Waals surface area contributed by atoms with Crippen molar-refractivity contribution in [2.45, 2.75) is 63.3 Å². The molecule has 0 spiro atoms. The number of amides is 3. The van der Waals surface area contributed by atoms with E-state index >= 15 is 0 Å². The lowest BCUT2D eigenvalue weighted by Crippen LogP contribution is -2.42. The summed E-state index contributed by atoms with van der Waals surface area (Å²) in [6.07, 6.45) is -0.926. The molecule has 0 aliphatic rings. The number of hydrogen-bond donors (Lipinski definition) is 9. The van der Waals surface area contributed by atoms with Crippen LogP contribution in [0.1, 0.15) is 55.2 Å². The fourth-order valence-corrected chi connectivity index (χ4v) is 5.26. The number of phenols is 6. The Kier molecular flexibility index (Phi) is 13.8. The number of carbonyl (C=O) groups excluding carboxylic acids is 3. The Balaban J connectivity index is 1.59. The van der Waals surface area contributed by atoms with E-state index in [0.29, 0.717) is 23.1 Å². The molecule has 0 aromatic heterocycles. The van der Waals surface area contributed by atoms with Crippen LogP contribution in [0, 0.1) is 10.1 Å². The Labute approximate surface area is 282 Å². The van der Waals surface area contributed by atoms with Crippen molar-refractivity contribution >= 4 is 17.7 Å². The zero-order valence-corrected chi connectivity index (χ0v) is 26.9. The summed E-state index contributed by atoms with van der Waals surface area (Å²) >= 11 is 0. The van der Waals surface area contributed by atoms with E-state index in [9.17, 15) is 55.1 Å². The average Bonchev–Trinajstić information content (AvgIpc) is 3.06. The third-order valence-electron chi connectivity index (χ3n) is 8.24. The Bertz CT molecular complexity index is 1560. The molecule has 0 fully saturated rings. The highest BCUT2D eigenvalue weighted by Crippen LogP contribution is 2.31. The van der Waals surface area contributed by atoms with Crippen molar-refractivity contribution < 1.29 is 49.9 Å². The number of carbonyl (C=O) groups is 3. The second kappa shape index (κ2) is 18.0. The molecule has 3 amide bonds. The summed E-state index contributed by atoms with van der Waals surface area (Å²) in [5.74, 6) is -3.30. The normalized spacial score (nSPS) is 11.1. The molecule has 0 atom stereocenters. The first-order chi connectivity index (χ1) is 23.3. The number of phenolic OH excluding ortho intramolecular Hbond substituents is 6. The van der Waals surface area contributed by atoms with Gasteiger partial charge in [0.05, 0.1) is 0 Å². The van der Waals surface area contributed by atoms with E-state index in [0.717, 1.165) is 0 Å². The van der Waals surface area contributed by atoms with E-state index < -0.39 is 28.2 Å². The van der Waals surface area contributed by atoms with Crippen LogP contribution in [0.3, 0.4) is 0 Å². The van der Waals surface area contributed by atoms with Crippen LogP contribution in [0.4, 0.5) is 0 Å². The quantitative estimate of drug-likeness (QED) is 0.0505. The second-order valence-corrected chi connectivity index (χ2v) is 11.7. The first-order valence-electron chi connectivity index (χ1n) is 15.8. The molecular weight excluding hydrogens is 640 g/mol. The van der Waals surface area contributed by atoms with Gasteiger partial charge in [0.1, 0.15) is 0 Å². The molecular formula is C34H42N4O11. The van der Waals surface area contributed by atoms with Crippen LogP contribution in [-0.4, -0.2) is 78.5 Å². The van der Waals surface area contributed by atoms with E-state index in [1.165, 1.54) is 24.3 Å². The van der Waals surface area contributed by atoms with Crippen LogP contribution in [0.25, 0.3) is 0 Å². The molecule has 3 rings (SSSR count). The number of aromatic hydroxyl groups is 6. The molecule has 0 saturated carbocycles. The number of benzene rings is 3. The summed E-state index contributed by atoms with van der Waals surface area (Å²) in [5, 5.41) is 78.8. The highest BCUT2D eigenvalue weighted by molar-refractivity contribution is 5.77. The van der Waals surface area contributed by atoms with E-state index in [2.05, 4.69) is 16.0 Å². The predicted octanol–water partition coefficient (Wildman–Crippen LogP) is 2.65. The third kappa shape index (κ3) is 11.5. The SMILES string of the molecule is O=C(CCC(CCC(=O)NCCc1cccc(O)c1O)(CCC(=O)NCCc1cccc(O)c1O)[N+](=O)[O-])NCCc1ccc(O)c(O)c1. The van der Waals surface area contributed by atoms with Crippen LogP contribution < -0.4 is 16.0 Å². The highest BCUT2D eigenvalue weighted by atomic mass is 16.6. The minimum atomic E-state index is -1.80. The number of nitro groups is 1. The summed E-state index contributed by atoms with van der Waals surface area (Å²) in [4.78, 5) is 50.1. The fraction of sp³-hybridized carbons (Fsp3) is 0.382. The summed E-state index contributed by atoms with van der Waals surface area (Å²) in [6, 6.07) is 13.1. The van der Waals surface area contributed by atoms with Crippen LogP contribution in [-0.2, 0) is 33.6 Å². The van der Waals surface area contributed by atoms with Gasteiger partial charge in [0.2, 0.25) is 23.3 Å². The average molecular weight is 683 g/mol. The second-order valence-electron chi connectivity index (χ2n) is 11.7. The maximum atomic E-state index is 12.7. The Morgan fingerprint density at radius 3 is 1.43 bits per heavy atom. The molecule has 0 heterocycles. The lowest BCUT2D eigenvalue weighted by Gasteiger charge is -2.25. The van der Waals surface area contributed by atoms with Crippen molar-refractivity contribution in [1.29, 1.82) is 0 Å². The minimum absolute atomic E-state index is 0.0830. The van der Waals surface area contributed by atoms with Crippen molar-refractivity contribution in [2.24, 2.45) is 0 Å². The smallest absolute Gasteiger partial charge is 0.223 e. The van der Waals surface area contributed by atoms with Gasteiger partial charge in [-0.25, -0.2) is 0 Å². The molecule has 49 heavy (non-hydrogen) atoms. The maximum absolute atomic E-state index is 12.7. The molecule has 15 heteroatoms. The first kappa shape index (κ1) is 37.7.